The average molecular weight is 1210 g/mol. The number of alkyl halides is 6. The number of H-pyrrole nitrogens is 1. The minimum atomic E-state index is -1.70. The second-order valence-corrected chi connectivity index (χ2v) is 23.0. The number of benzene rings is 4. The van der Waals surface area contributed by atoms with Crippen molar-refractivity contribution in [3.05, 3.63) is 196 Å². The lowest BCUT2D eigenvalue weighted by atomic mass is 9.93. The van der Waals surface area contributed by atoms with E-state index in [0.717, 1.165) is 0 Å². The molecule has 0 amide bonds. The van der Waals surface area contributed by atoms with Gasteiger partial charge in [0.2, 0.25) is 0 Å². The quantitative estimate of drug-likeness (QED) is 0.137. The topological polar surface area (TPSA) is 52.5 Å². The number of halogens is 12. The third-order valence-corrected chi connectivity index (χ3v) is 21.6. The van der Waals surface area contributed by atoms with Crippen LogP contribution in [-0.2, 0) is 0 Å². The van der Waals surface area contributed by atoms with Gasteiger partial charge in [0.15, 0.2) is 7.57 Å². The predicted molar refractivity (Wildman–Crippen MR) is 268 cm³/mol. The maximum Gasteiger partial charge on any atom is 0.163 e. The average Bonchev–Trinajstić information content (AvgIpc) is 3.83. The standard InChI is InChI=1S/C44H22Br4Cl8N4/c45-41-27(23-17-9-3-10-18-23)39-33(53)31(51)37(58-39)25(21-13-5-1-6-14-21)35-29(49)30(50)36(57-35)26(22-15-7-2-8-16-22)38-32(52)34(54)40(59-38)28(24-19-11-4-12-20-24)42(46,60-41)44(48,56)43(41,47)55/h1-20,57,60H/b35-25-,36-26-,39-27-,40-28-. The van der Waals surface area contributed by atoms with Crippen LogP contribution >= 0.6 is 157 Å². The summed E-state index contributed by atoms with van der Waals surface area (Å²) in [5.41, 5.74) is 5.95. The molecule has 9 rings (SSSR count). The Balaban J connectivity index is 1.57. The van der Waals surface area contributed by atoms with E-state index in [0.29, 0.717) is 66.7 Å². The molecule has 1 fully saturated rings. The molecule has 4 nitrogen and oxygen atoms in total. The van der Waals surface area contributed by atoms with Crippen LogP contribution in [0.25, 0.3) is 22.3 Å². The number of aliphatic imine (C=N–C) groups is 2. The van der Waals surface area contributed by atoms with Crippen molar-refractivity contribution >= 4 is 190 Å². The lowest BCUT2D eigenvalue weighted by molar-refractivity contribution is 0.627. The first-order valence-electron chi connectivity index (χ1n) is 17.8. The van der Waals surface area contributed by atoms with Crippen molar-refractivity contribution < 1.29 is 0 Å². The number of fused-ring (bicyclic) bond motifs is 6. The minimum absolute atomic E-state index is 0.139. The summed E-state index contributed by atoms with van der Waals surface area (Å²) in [6, 6.07) is 38.1. The number of hydrogen-bond donors (Lipinski definition) is 2. The molecule has 0 radical (unpaired) electrons. The van der Waals surface area contributed by atoms with Crippen LogP contribution in [0.5, 0.6) is 0 Å². The van der Waals surface area contributed by atoms with E-state index in [2.05, 4.69) is 74.0 Å². The van der Waals surface area contributed by atoms with Crippen molar-refractivity contribution in [3.63, 3.8) is 0 Å². The molecule has 16 heteroatoms. The molecule has 0 aliphatic carbocycles. The smallest absolute Gasteiger partial charge is 0.163 e. The van der Waals surface area contributed by atoms with Gasteiger partial charge in [-0.05, 0) is 22.3 Å². The van der Waals surface area contributed by atoms with Gasteiger partial charge < -0.3 is 4.98 Å². The van der Waals surface area contributed by atoms with Gasteiger partial charge in [-0.25, -0.2) is 9.98 Å². The Kier molecular flexibility index (Phi) is 11.7. The molecular weight excluding hydrogens is 1190 g/mol. The largest absolute Gasteiger partial charge is 0.352 e. The third kappa shape index (κ3) is 6.48. The zero-order chi connectivity index (χ0) is 42.5. The van der Waals surface area contributed by atoms with E-state index in [9.17, 15) is 0 Å². The normalized spacial score (nSPS) is 30.9. The molecule has 5 heterocycles. The highest BCUT2D eigenvalue weighted by Crippen LogP contribution is 2.72. The first-order valence-corrected chi connectivity index (χ1v) is 24.0. The lowest BCUT2D eigenvalue weighted by Crippen LogP contribution is -2.50. The molecule has 5 aromatic rings. The van der Waals surface area contributed by atoms with Crippen molar-refractivity contribution in [1.82, 2.24) is 10.3 Å². The Morgan fingerprint density at radius 3 is 1.03 bits per heavy atom. The second-order valence-electron chi connectivity index (χ2n) is 13.9. The van der Waals surface area contributed by atoms with Crippen molar-refractivity contribution in [2.24, 2.45) is 9.98 Å². The second kappa shape index (κ2) is 16.1. The van der Waals surface area contributed by atoms with Gasteiger partial charge in [0.25, 0.3) is 0 Å². The van der Waals surface area contributed by atoms with Crippen molar-refractivity contribution in [2.75, 3.05) is 0 Å². The van der Waals surface area contributed by atoms with Crippen LogP contribution in [0, 0.1) is 0 Å². The maximum atomic E-state index is 7.87. The van der Waals surface area contributed by atoms with Gasteiger partial charge in [0.1, 0.15) is 8.90 Å². The highest BCUT2D eigenvalue weighted by atomic mass is 79.9. The lowest BCUT2D eigenvalue weighted by Gasteiger charge is -2.40. The summed E-state index contributed by atoms with van der Waals surface area (Å²) in [5.74, 6) is 0. The van der Waals surface area contributed by atoms with Gasteiger partial charge in [0, 0.05) is 22.3 Å². The van der Waals surface area contributed by atoms with E-state index in [1.54, 1.807) is 0 Å². The van der Waals surface area contributed by atoms with Crippen molar-refractivity contribution in [2.45, 2.75) is 16.5 Å². The van der Waals surface area contributed by atoms with E-state index >= 15 is 0 Å². The molecule has 1 aromatic heterocycles. The summed E-state index contributed by atoms with van der Waals surface area (Å²) in [6.45, 7) is 0. The predicted octanol–water partition coefficient (Wildman–Crippen LogP) is 14.3. The van der Waals surface area contributed by atoms with E-state index in [1.807, 2.05) is 121 Å². The highest BCUT2D eigenvalue weighted by molar-refractivity contribution is 9.16. The Bertz CT molecular complexity index is 2780. The zero-order valence-corrected chi connectivity index (χ0v) is 42.4. The molecular formula is C44H22Br4Cl8N4. The molecule has 302 valence electrons. The number of aromatic amines is 1. The van der Waals surface area contributed by atoms with Gasteiger partial charge in [-0.2, -0.15) is 0 Å². The Morgan fingerprint density at radius 2 is 0.717 bits per heavy atom. The molecule has 60 heavy (non-hydrogen) atoms. The fourth-order valence-electron chi connectivity index (χ4n) is 7.78. The molecule has 4 aliphatic heterocycles. The first-order chi connectivity index (χ1) is 28.5. The highest BCUT2D eigenvalue weighted by Gasteiger charge is 2.78. The number of aromatic nitrogens is 1. The third-order valence-electron chi connectivity index (χ3n) is 10.5. The number of rotatable bonds is 4. The molecule has 0 saturated carbocycles. The molecule has 2 N–H and O–H groups in total. The minimum Gasteiger partial charge on any atom is -0.352 e. The van der Waals surface area contributed by atoms with Gasteiger partial charge in [-0.15, -0.1) is 23.2 Å². The van der Waals surface area contributed by atoms with Gasteiger partial charge in [0.05, 0.1) is 63.7 Å². The van der Waals surface area contributed by atoms with Crippen molar-refractivity contribution in [3.8, 4) is 0 Å². The summed E-state index contributed by atoms with van der Waals surface area (Å²) in [7, 11) is 0. The number of nitrogens with zero attached hydrogens (tertiary/aromatic N) is 2. The van der Waals surface area contributed by atoms with E-state index in [4.69, 9.17) is 103 Å². The summed E-state index contributed by atoms with van der Waals surface area (Å²) < 4.78 is -6.53. The van der Waals surface area contributed by atoms with Crippen LogP contribution in [0.1, 0.15) is 22.3 Å². The summed E-state index contributed by atoms with van der Waals surface area (Å²) in [6.07, 6.45) is 0. The molecule has 4 aliphatic rings. The first kappa shape index (κ1) is 43.6. The van der Waals surface area contributed by atoms with Crippen LogP contribution in [0.3, 0.4) is 0 Å². The van der Waals surface area contributed by atoms with Crippen LogP contribution < -0.4 is 16.0 Å². The molecule has 4 atom stereocenters. The fourth-order valence-corrected chi connectivity index (χ4v) is 14.0. The summed E-state index contributed by atoms with van der Waals surface area (Å²) in [4.78, 5) is 14.2. The molecule has 4 aromatic carbocycles. The van der Waals surface area contributed by atoms with Crippen LogP contribution in [-0.4, -0.2) is 32.9 Å². The number of hydrogen-bond acceptors (Lipinski definition) is 3. The van der Waals surface area contributed by atoms with Gasteiger partial charge in [-0.3, -0.25) is 5.32 Å². The zero-order valence-electron chi connectivity index (χ0n) is 30.0. The molecule has 4 unspecified atom stereocenters. The Hall–Kier alpha value is -1.60. The summed E-state index contributed by atoms with van der Waals surface area (Å²) in [5, 5.41) is 5.55. The van der Waals surface area contributed by atoms with Crippen LogP contribution in [0.4, 0.5) is 0 Å². The monoisotopic (exact) mass is 1200 g/mol. The van der Waals surface area contributed by atoms with Crippen molar-refractivity contribution in [1.29, 1.82) is 0 Å². The summed E-state index contributed by atoms with van der Waals surface area (Å²) >= 11 is 76.0. The Morgan fingerprint density at radius 1 is 0.417 bits per heavy atom. The van der Waals surface area contributed by atoms with Gasteiger partial charge >= 0.3 is 0 Å². The molecule has 0 spiro atoms. The Labute approximate surface area is 418 Å². The van der Waals surface area contributed by atoms with Crippen LogP contribution in [0.15, 0.2) is 163 Å². The van der Waals surface area contributed by atoms with E-state index in [1.165, 1.54) is 0 Å². The maximum absolute atomic E-state index is 7.87. The number of nitrogens with one attached hydrogen (secondary N) is 2. The van der Waals surface area contributed by atoms with Gasteiger partial charge in [-0.1, -0.05) is 255 Å². The SMILES string of the molecule is ClC1=C(Cl)/C2=C(\c3ccccc3)C3(Br)NC(Br)(/C(c4ccccc4)=C4N=C(C(Cl)=C\4Cl)/C(c4ccccc4)=c4\[nH]/c(c(Cl)c4Cl)=C(/c4ccccc4)C1=N2)C(Cl)(Br)C3(Cl)Br. The molecule has 1 saturated heterocycles. The fraction of sp³-hybridized carbons (Fsp3) is 0.0909. The number of allylic oxidation sites excluding steroid dienone is 4. The van der Waals surface area contributed by atoms with E-state index < -0.39 is 16.5 Å². The van der Waals surface area contributed by atoms with E-state index in [-0.39, 0.29) is 41.6 Å². The van der Waals surface area contributed by atoms with Crippen LogP contribution in [0.2, 0.25) is 10.0 Å². The molecule has 8 bridgehead atoms.